The molecule has 0 aromatic heterocycles. The lowest BCUT2D eigenvalue weighted by atomic mass is 9.84. The number of carboxylic acids is 1. The fourth-order valence-electron chi connectivity index (χ4n) is 3.82. The molecule has 2 heterocycles. The van der Waals surface area contributed by atoms with E-state index in [9.17, 15) is 9.90 Å². The molecule has 4 nitrogen and oxygen atoms in total. The van der Waals surface area contributed by atoms with Crippen molar-refractivity contribution < 1.29 is 9.90 Å². The summed E-state index contributed by atoms with van der Waals surface area (Å²) < 4.78 is 0. The number of carboxylic acid groups (broad SMARTS) is 1. The first kappa shape index (κ1) is 14.7. The average Bonchev–Trinajstić information content (AvgIpc) is 2.46. The van der Waals surface area contributed by atoms with Gasteiger partial charge in [0.25, 0.3) is 0 Å². The Morgan fingerprint density at radius 1 is 1.33 bits per heavy atom. The van der Waals surface area contributed by atoms with Gasteiger partial charge in [0.05, 0.1) is 11.3 Å². The van der Waals surface area contributed by atoms with Crippen molar-refractivity contribution >= 4 is 23.3 Å². The SMILES string of the molecule is CN1CCCC2CN(c3cc(Cl)ccc3C(=O)O)CCC21. The van der Waals surface area contributed by atoms with E-state index in [1.54, 1.807) is 18.2 Å². The van der Waals surface area contributed by atoms with Crippen LogP contribution in [-0.4, -0.2) is 48.7 Å². The summed E-state index contributed by atoms with van der Waals surface area (Å²) in [6.45, 7) is 3.00. The van der Waals surface area contributed by atoms with Crippen molar-refractivity contribution in [1.29, 1.82) is 0 Å². The molecule has 0 bridgehead atoms. The zero-order valence-corrected chi connectivity index (χ0v) is 13.0. The molecule has 3 rings (SSSR count). The van der Waals surface area contributed by atoms with Crippen LogP contribution in [0.1, 0.15) is 29.6 Å². The van der Waals surface area contributed by atoms with E-state index >= 15 is 0 Å². The summed E-state index contributed by atoms with van der Waals surface area (Å²) in [4.78, 5) is 16.1. The van der Waals surface area contributed by atoms with Crippen molar-refractivity contribution in [3.8, 4) is 0 Å². The van der Waals surface area contributed by atoms with Gasteiger partial charge in [-0.1, -0.05) is 11.6 Å². The summed E-state index contributed by atoms with van der Waals surface area (Å²) in [5, 5.41) is 9.98. The first-order valence-electron chi connectivity index (χ1n) is 7.54. The Labute approximate surface area is 130 Å². The predicted molar refractivity (Wildman–Crippen MR) is 84.4 cm³/mol. The van der Waals surface area contributed by atoms with Crippen LogP contribution < -0.4 is 4.90 Å². The lowest BCUT2D eigenvalue weighted by molar-refractivity contribution is 0.0696. The van der Waals surface area contributed by atoms with E-state index in [4.69, 9.17) is 11.6 Å². The zero-order valence-electron chi connectivity index (χ0n) is 12.3. The van der Waals surface area contributed by atoms with Gasteiger partial charge in [-0.3, -0.25) is 0 Å². The van der Waals surface area contributed by atoms with E-state index in [1.165, 1.54) is 19.4 Å². The molecule has 1 N–H and O–H groups in total. The quantitative estimate of drug-likeness (QED) is 0.912. The van der Waals surface area contributed by atoms with Crippen LogP contribution >= 0.6 is 11.6 Å². The number of aromatic carboxylic acids is 1. The first-order valence-corrected chi connectivity index (χ1v) is 7.92. The van der Waals surface area contributed by atoms with E-state index in [-0.39, 0.29) is 0 Å². The molecule has 2 aliphatic heterocycles. The summed E-state index contributed by atoms with van der Waals surface area (Å²) in [6, 6.07) is 5.69. The molecule has 0 amide bonds. The van der Waals surface area contributed by atoms with Crippen LogP contribution in [0.25, 0.3) is 0 Å². The van der Waals surface area contributed by atoms with E-state index in [0.29, 0.717) is 22.5 Å². The van der Waals surface area contributed by atoms with Crippen LogP contribution in [-0.2, 0) is 0 Å². The number of benzene rings is 1. The Kier molecular flexibility index (Phi) is 4.09. The highest BCUT2D eigenvalue weighted by Crippen LogP contribution is 2.34. The van der Waals surface area contributed by atoms with E-state index < -0.39 is 5.97 Å². The molecule has 2 saturated heterocycles. The molecule has 1 aromatic rings. The number of halogens is 1. The summed E-state index contributed by atoms with van der Waals surface area (Å²) in [5.41, 5.74) is 1.11. The Morgan fingerprint density at radius 3 is 2.90 bits per heavy atom. The second-order valence-electron chi connectivity index (χ2n) is 6.15. The van der Waals surface area contributed by atoms with Gasteiger partial charge in [-0.25, -0.2) is 4.79 Å². The zero-order chi connectivity index (χ0) is 15.0. The minimum Gasteiger partial charge on any atom is -0.478 e. The molecule has 114 valence electrons. The smallest absolute Gasteiger partial charge is 0.337 e. The number of piperidine rings is 2. The molecule has 0 radical (unpaired) electrons. The van der Waals surface area contributed by atoms with Gasteiger partial charge in [-0.05, 0) is 57.0 Å². The fraction of sp³-hybridized carbons (Fsp3) is 0.562. The number of fused-ring (bicyclic) bond motifs is 1. The monoisotopic (exact) mass is 308 g/mol. The van der Waals surface area contributed by atoms with Crippen LogP contribution in [0.5, 0.6) is 0 Å². The molecule has 2 aliphatic rings. The van der Waals surface area contributed by atoms with Crippen molar-refractivity contribution in [3.63, 3.8) is 0 Å². The van der Waals surface area contributed by atoms with Gasteiger partial charge < -0.3 is 14.9 Å². The van der Waals surface area contributed by atoms with Gasteiger partial charge in [-0.2, -0.15) is 0 Å². The second-order valence-corrected chi connectivity index (χ2v) is 6.59. The van der Waals surface area contributed by atoms with Gasteiger partial charge in [0.15, 0.2) is 0 Å². The molecular weight excluding hydrogens is 288 g/mol. The molecule has 2 atom stereocenters. The first-order chi connectivity index (χ1) is 10.1. The van der Waals surface area contributed by atoms with Crippen LogP contribution in [0.15, 0.2) is 18.2 Å². The summed E-state index contributed by atoms with van der Waals surface area (Å²) in [5.74, 6) is -0.261. The number of hydrogen-bond donors (Lipinski definition) is 1. The van der Waals surface area contributed by atoms with Gasteiger partial charge in [0.1, 0.15) is 0 Å². The highest BCUT2D eigenvalue weighted by atomic mass is 35.5. The molecule has 2 fully saturated rings. The summed E-state index contributed by atoms with van der Waals surface area (Å²) in [7, 11) is 2.20. The molecule has 0 spiro atoms. The predicted octanol–water partition coefficient (Wildman–Crippen LogP) is 2.96. The second kappa shape index (κ2) is 5.85. The largest absolute Gasteiger partial charge is 0.478 e. The molecule has 2 unspecified atom stereocenters. The lowest BCUT2D eigenvalue weighted by Gasteiger charge is -2.46. The molecule has 21 heavy (non-hydrogen) atoms. The molecule has 0 saturated carbocycles. The van der Waals surface area contributed by atoms with Crippen LogP contribution in [0, 0.1) is 5.92 Å². The number of anilines is 1. The van der Waals surface area contributed by atoms with Crippen LogP contribution in [0.2, 0.25) is 5.02 Å². The highest BCUT2D eigenvalue weighted by molar-refractivity contribution is 6.31. The normalized spacial score (nSPS) is 26.5. The Bertz CT molecular complexity index is 549. The number of rotatable bonds is 2. The van der Waals surface area contributed by atoms with Crippen molar-refractivity contribution in [1.82, 2.24) is 4.90 Å². The maximum Gasteiger partial charge on any atom is 0.337 e. The van der Waals surface area contributed by atoms with E-state index in [2.05, 4.69) is 16.8 Å². The number of carbonyl (C=O) groups is 1. The number of likely N-dealkylation sites (tertiary alicyclic amines) is 1. The van der Waals surface area contributed by atoms with Crippen molar-refractivity contribution in [2.75, 3.05) is 31.6 Å². The van der Waals surface area contributed by atoms with Gasteiger partial charge in [0.2, 0.25) is 0 Å². The van der Waals surface area contributed by atoms with Crippen molar-refractivity contribution in [3.05, 3.63) is 28.8 Å². The third-order valence-electron chi connectivity index (χ3n) is 4.88. The maximum absolute atomic E-state index is 11.4. The van der Waals surface area contributed by atoms with E-state index in [1.807, 2.05) is 0 Å². The van der Waals surface area contributed by atoms with Crippen LogP contribution in [0.3, 0.4) is 0 Å². The van der Waals surface area contributed by atoms with E-state index in [0.717, 1.165) is 25.2 Å². The maximum atomic E-state index is 11.4. The third-order valence-corrected chi connectivity index (χ3v) is 5.11. The Hall–Kier alpha value is -1.26. The number of hydrogen-bond acceptors (Lipinski definition) is 3. The van der Waals surface area contributed by atoms with Gasteiger partial charge >= 0.3 is 5.97 Å². The van der Waals surface area contributed by atoms with Crippen LogP contribution in [0.4, 0.5) is 5.69 Å². The highest BCUT2D eigenvalue weighted by Gasteiger charge is 2.35. The van der Waals surface area contributed by atoms with Gasteiger partial charge in [-0.15, -0.1) is 0 Å². The number of nitrogens with zero attached hydrogens (tertiary/aromatic N) is 2. The molecule has 1 aromatic carbocycles. The average molecular weight is 309 g/mol. The lowest BCUT2D eigenvalue weighted by Crippen LogP contribution is -2.53. The minimum absolute atomic E-state index is 0.349. The summed E-state index contributed by atoms with van der Waals surface area (Å²) >= 11 is 6.07. The minimum atomic E-state index is -0.885. The molecular formula is C16H21ClN2O2. The topological polar surface area (TPSA) is 43.8 Å². The Balaban J connectivity index is 1.85. The standard InChI is InChI=1S/C16H21ClN2O2/c1-18-7-2-3-11-10-19(8-6-14(11)18)15-9-12(17)4-5-13(15)16(20)21/h4-5,9,11,14H,2-3,6-8,10H2,1H3,(H,20,21). The van der Waals surface area contributed by atoms with Gasteiger partial charge in [0, 0.05) is 24.2 Å². The van der Waals surface area contributed by atoms with Crippen molar-refractivity contribution in [2.24, 2.45) is 5.92 Å². The van der Waals surface area contributed by atoms with Crippen molar-refractivity contribution in [2.45, 2.75) is 25.3 Å². The summed E-state index contributed by atoms with van der Waals surface area (Å²) in [6.07, 6.45) is 3.55. The molecule has 5 heteroatoms. The molecule has 0 aliphatic carbocycles. The third kappa shape index (κ3) is 2.87. The Morgan fingerprint density at radius 2 is 2.14 bits per heavy atom. The fourth-order valence-corrected chi connectivity index (χ4v) is 3.98.